The number of halogens is 3. The molecule has 160 valence electrons. The molecule has 2 heterocycles. The molecule has 7 heteroatoms. The van der Waals surface area contributed by atoms with Gasteiger partial charge < -0.3 is 10.7 Å². The van der Waals surface area contributed by atoms with E-state index in [0.29, 0.717) is 49.4 Å². The molecule has 3 aromatic rings. The minimum Gasteiger partial charge on any atom is -0.345 e. The average Bonchev–Trinajstić information content (AvgIpc) is 2.80. The van der Waals surface area contributed by atoms with Gasteiger partial charge in [0.15, 0.2) is 0 Å². The number of pyridine rings is 2. The maximum absolute atomic E-state index is 15.0. The van der Waals surface area contributed by atoms with Crippen LogP contribution >= 0.6 is 23.2 Å². The molecule has 0 atom stereocenters. The molecule has 1 saturated carbocycles. The molecule has 2 N–H and O–H groups in total. The number of anilines is 1. The monoisotopic (exact) mass is 464 g/mol. The number of nitrogens with one attached hydrogen (secondary N) is 2. The second-order valence-corrected chi connectivity index (χ2v) is 8.25. The molecule has 32 heavy (non-hydrogen) atoms. The summed E-state index contributed by atoms with van der Waals surface area (Å²) in [5.74, 6) is 2.51. The van der Waals surface area contributed by atoms with Gasteiger partial charge in [0.25, 0.3) is 0 Å². The van der Waals surface area contributed by atoms with E-state index >= 15 is 4.39 Å². The molecule has 0 spiro atoms. The Bertz CT molecular complexity index is 1280. The largest absolute Gasteiger partial charge is 0.345 e. The van der Waals surface area contributed by atoms with Crippen molar-refractivity contribution in [2.45, 2.75) is 25.7 Å². The number of hydrogen-bond acceptors (Lipinski definition) is 4. The number of benzene rings is 1. The molecule has 0 radical (unpaired) electrons. The van der Waals surface area contributed by atoms with Gasteiger partial charge in [-0.3, -0.25) is 4.98 Å². The van der Waals surface area contributed by atoms with Crippen LogP contribution in [-0.2, 0) is 0 Å². The van der Waals surface area contributed by atoms with Crippen LogP contribution in [0.4, 0.5) is 10.2 Å². The molecule has 1 fully saturated rings. The third-order valence-corrected chi connectivity index (χ3v) is 5.97. The first kappa shape index (κ1) is 22.0. The van der Waals surface area contributed by atoms with Gasteiger partial charge in [-0.1, -0.05) is 29.1 Å². The van der Waals surface area contributed by atoms with Gasteiger partial charge in [0.2, 0.25) is 0 Å². The fraction of sp³-hybridized carbons (Fsp3) is 0.160. The molecule has 2 aromatic heterocycles. The second-order valence-electron chi connectivity index (χ2n) is 7.43. The van der Waals surface area contributed by atoms with Crippen LogP contribution in [0.3, 0.4) is 0 Å². The number of allylic oxidation sites excluding steroid dienone is 1. The van der Waals surface area contributed by atoms with Crippen LogP contribution in [0.2, 0.25) is 10.0 Å². The molecule has 1 aliphatic carbocycles. The highest BCUT2D eigenvalue weighted by molar-refractivity contribution is 6.34. The van der Waals surface area contributed by atoms with E-state index in [1.54, 1.807) is 36.8 Å². The SMILES string of the molecule is C#Cc1cnccc1-c1cc(Cl)c(-c2cnc(N/C=C3/CCCCC3=N)c(Cl)c2)cc1F. The Balaban J connectivity index is 1.64. The third kappa shape index (κ3) is 4.52. The van der Waals surface area contributed by atoms with Gasteiger partial charge in [0, 0.05) is 57.8 Å². The summed E-state index contributed by atoms with van der Waals surface area (Å²) in [5.41, 5.74) is 3.98. The van der Waals surface area contributed by atoms with Crippen molar-refractivity contribution in [1.29, 1.82) is 5.41 Å². The molecule has 1 aliphatic rings. The van der Waals surface area contributed by atoms with Crippen molar-refractivity contribution < 1.29 is 4.39 Å². The third-order valence-electron chi connectivity index (χ3n) is 5.37. The molecule has 0 bridgehead atoms. The van der Waals surface area contributed by atoms with E-state index in [1.807, 2.05) is 0 Å². The summed E-state index contributed by atoms with van der Waals surface area (Å²) in [6.45, 7) is 0. The molecule has 0 saturated heterocycles. The number of rotatable bonds is 4. The van der Waals surface area contributed by atoms with Crippen LogP contribution in [-0.4, -0.2) is 15.7 Å². The zero-order valence-corrected chi connectivity index (χ0v) is 18.6. The summed E-state index contributed by atoms with van der Waals surface area (Å²) in [6, 6.07) is 6.23. The van der Waals surface area contributed by atoms with Crippen LogP contribution in [0.15, 0.2) is 54.6 Å². The van der Waals surface area contributed by atoms with Crippen LogP contribution in [0, 0.1) is 23.6 Å². The van der Waals surface area contributed by atoms with E-state index in [1.165, 1.54) is 12.3 Å². The quantitative estimate of drug-likeness (QED) is 0.403. The molecular weight excluding hydrogens is 446 g/mol. The van der Waals surface area contributed by atoms with Crippen molar-refractivity contribution in [1.82, 2.24) is 9.97 Å². The maximum atomic E-state index is 15.0. The topological polar surface area (TPSA) is 61.7 Å². The van der Waals surface area contributed by atoms with E-state index in [9.17, 15) is 0 Å². The Labute approximate surface area is 196 Å². The summed E-state index contributed by atoms with van der Waals surface area (Å²) < 4.78 is 15.0. The van der Waals surface area contributed by atoms with Gasteiger partial charge in [0.05, 0.1) is 10.6 Å². The van der Waals surface area contributed by atoms with E-state index in [4.69, 9.17) is 35.0 Å². The van der Waals surface area contributed by atoms with E-state index in [0.717, 1.165) is 31.3 Å². The van der Waals surface area contributed by atoms with Gasteiger partial charge >= 0.3 is 0 Å². The predicted molar refractivity (Wildman–Crippen MR) is 129 cm³/mol. The molecule has 1 aromatic carbocycles. The summed E-state index contributed by atoms with van der Waals surface area (Å²) in [7, 11) is 0. The summed E-state index contributed by atoms with van der Waals surface area (Å²) in [4.78, 5) is 8.35. The van der Waals surface area contributed by atoms with Crippen molar-refractivity contribution in [3.63, 3.8) is 0 Å². The van der Waals surface area contributed by atoms with Gasteiger partial charge in [-0.05, 0) is 55.5 Å². The molecular formula is C25H19Cl2FN4. The smallest absolute Gasteiger partial charge is 0.148 e. The lowest BCUT2D eigenvalue weighted by Crippen LogP contribution is -2.09. The average molecular weight is 465 g/mol. The summed E-state index contributed by atoms with van der Waals surface area (Å²) in [6.07, 6.45) is 15.7. The fourth-order valence-corrected chi connectivity index (χ4v) is 4.15. The standard InChI is InChI=1S/C25H19Cl2FN4/c1-2-15-12-30-8-7-18(15)20-10-21(26)19(11-23(20)28)17-9-22(27)25(32-14-17)31-13-16-5-3-4-6-24(16)29/h1,7-14,29H,3-6H2,(H,31,32)/b16-13-,29-24?. The first-order chi connectivity index (χ1) is 15.5. The lowest BCUT2D eigenvalue weighted by molar-refractivity contribution is 0.632. The van der Waals surface area contributed by atoms with Crippen LogP contribution < -0.4 is 5.32 Å². The van der Waals surface area contributed by atoms with E-state index < -0.39 is 5.82 Å². The Morgan fingerprint density at radius 3 is 2.62 bits per heavy atom. The highest BCUT2D eigenvalue weighted by Crippen LogP contribution is 2.37. The zero-order valence-electron chi connectivity index (χ0n) is 17.1. The van der Waals surface area contributed by atoms with Gasteiger partial charge in [-0.15, -0.1) is 6.42 Å². The predicted octanol–water partition coefficient (Wildman–Crippen LogP) is 7.13. The van der Waals surface area contributed by atoms with Gasteiger partial charge in [-0.25, -0.2) is 9.37 Å². The summed E-state index contributed by atoms with van der Waals surface area (Å²) >= 11 is 12.9. The van der Waals surface area contributed by atoms with E-state index in [2.05, 4.69) is 21.2 Å². The molecule has 4 rings (SSSR count). The van der Waals surface area contributed by atoms with Crippen molar-refractivity contribution in [2.75, 3.05) is 5.32 Å². The minimum atomic E-state index is -0.467. The number of terminal acetylenes is 1. The fourth-order valence-electron chi connectivity index (χ4n) is 3.65. The number of nitrogens with zero attached hydrogens (tertiary/aromatic N) is 2. The first-order valence-corrected chi connectivity index (χ1v) is 10.8. The highest BCUT2D eigenvalue weighted by Gasteiger charge is 2.16. The minimum absolute atomic E-state index is 0.299. The number of aromatic nitrogens is 2. The Morgan fingerprint density at radius 2 is 1.88 bits per heavy atom. The van der Waals surface area contributed by atoms with Crippen LogP contribution in [0.5, 0.6) is 0 Å². The molecule has 0 aliphatic heterocycles. The van der Waals surface area contributed by atoms with Crippen LogP contribution in [0.1, 0.15) is 31.2 Å². The Morgan fingerprint density at radius 1 is 1.06 bits per heavy atom. The molecule has 0 unspecified atom stereocenters. The van der Waals surface area contributed by atoms with Crippen molar-refractivity contribution in [2.24, 2.45) is 0 Å². The van der Waals surface area contributed by atoms with Crippen molar-refractivity contribution in [3.05, 3.63) is 76.1 Å². The Kier molecular flexibility index (Phi) is 6.55. The molecule has 4 nitrogen and oxygen atoms in total. The summed E-state index contributed by atoms with van der Waals surface area (Å²) in [5, 5.41) is 11.8. The first-order valence-electron chi connectivity index (χ1n) is 10.1. The zero-order chi connectivity index (χ0) is 22.7. The lowest BCUT2D eigenvalue weighted by Gasteiger charge is -2.15. The number of hydrogen-bond donors (Lipinski definition) is 2. The van der Waals surface area contributed by atoms with Gasteiger partial charge in [-0.2, -0.15) is 0 Å². The van der Waals surface area contributed by atoms with Crippen molar-refractivity contribution in [3.8, 4) is 34.6 Å². The lowest BCUT2D eigenvalue weighted by atomic mass is 9.94. The normalized spacial score (nSPS) is 14.9. The molecule has 0 amide bonds. The maximum Gasteiger partial charge on any atom is 0.148 e. The second kappa shape index (κ2) is 9.52. The Hall–Kier alpha value is -3.20. The van der Waals surface area contributed by atoms with Gasteiger partial charge in [0.1, 0.15) is 11.6 Å². The van der Waals surface area contributed by atoms with Crippen molar-refractivity contribution >= 4 is 34.7 Å². The van der Waals surface area contributed by atoms with Crippen LogP contribution in [0.25, 0.3) is 22.3 Å². The highest BCUT2D eigenvalue weighted by atomic mass is 35.5. The van der Waals surface area contributed by atoms with E-state index in [-0.39, 0.29) is 0 Å².